The first-order chi connectivity index (χ1) is 24.1. The Morgan fingerprint density at radius 3 is 2.14 bits per heavy atom. The fourth-order valence-corrected chi connectivity index (χ4v) is 7.66. The number of ketones is 1. The summed E-state index contributed by atoms with van der Waals surface area (Å²) in [6.07, 6.45) is 6.65. The van der Waals surface area contributed by atoms with E-state index in [1.807, 2.05) is 72.0 Å². The summed E-state index contributed by atoms with van der Waals surface area (Å²) < 4.78 is 2.38. The van der Waals surface area contributed by atoms with Crippen molar-refractivity contribution in [3.05, 3.63) is 115 Å². The van der Waals surface area contributed by atoms with Crippen LogP contribution in [0, 0.1) is 28.2 Å². The summed E-state index contributed by atoms with van der Waals surface area (Å²) in [5.74, 6) is 0.286. The molecule has 0 atom stereocenters. The fraction of sp³-hybridized carbons (Fsp3) is 0.267. The summed E-state index contributed by atoms with van der Waals surface area (Å²) >= 11 is 1.74. The number of pyridine rings is 1. The van der Waals surface area contributed by atoms with E-state index in [0.717, 1.165) is 47.0 Å². The average molecular weight is 868 g/mol. The Hall–Kier alpha value is -4.40. The first-order valence-corrected chi connectivity index (χ1v) is 18.3. The number of nitriles is 1. The fourth-order valence-electron chi connectivity index (χ4n) is 6.49. The molecule has 0 bridgehead atoms. The Morgan fingerprint density at radius 1 is 0.784 bits per heavy atom. The number of rotatable bonds is 8. The third kappa shape index (κ3) is 7.22. The number of hydrogen-bond donors (Lipinski definition) is 1. The zero-order valence-corrected chi connectivity index (χ0v) is 33.3. The molecule has 1 N–H and O–H groups in total. The Kier molecular flexibility index (Phi) is 11.5. The Morgan fingerprint density at radius 2 is 1.45 bits per heavy atom. The van der Waals surface area contributed by atoms with Gasteiger partial charge in [-0.3, -0.25) is 4.79 Å². The summed E-state index contributed by atoms with van der Waals surface area (Å²) in [6.45, 7) is 12.1. The van der Waals surface area contributed by atoms with Crippen molar-refractivity contribution in [2.75, 3.05) is 0 Å². The van der Waals surface area contributed by atoms with Crippen LogP contribution in [0.3, 0.4) is 0 Å². The van der Waals surface area contributed by atoms with Gasteiger partial charge in [0, 0.05) is 63.4 Å². The van der Waals surface area contributed by atoms with Crippen molar-refractivity contribution in [1.82, 2.24) is 4.98 Å². The van der Waals surface area contributed by atoms with Crippen LogP contribution in [0.2, 0.25) is 0 Å². The number of hydrogen-bond acceptors (Lipinski definition) is 5. The minimum absolute atomic E-state index is 0. The van der Waals surface area contributed by atoms with Crippen LogP contribution >= 0.6 is 11.3 Å². The number of aliphatic hydroxyl groups excluding tert-OH is 1. The summed E-state index contributed by atoms with van der Waals surface area (Å²) in [5.41, 5.74) is 2.06. The van der Waals surface area contributed by atoms with E-state index < -0.39 is 0 Å². The molecule has 7 rings (SSSR count). The number of benzene rings is 5. The molecule has 0 saturated heterocycles. The molecule has 2 aromatic heterocycles. The van der Waals surface area contributed by atoms with Gasteiger partial charge in [-0.05, 0) is 83.3 Å². The van der Waals surface area contributed by atoms with Gasteiger partial charge in [0.25, 0.3) is 0 Å². The van der Waals surface area contributed by atoms with Gasteiger partial charge < -0.3 is 10.1 Å². The van der Waals surface area contributed by atoms with Crippen LogP contribution in [0.25, 0.3) is 63.7 Å². The molecule has 5 aromatic carbocycles. The summed E-state index contributed by atoms with van der Waals surface area (Å²) in [4.78, 5) is 16.9. The molecule has 0 aliphatic carbocycles. The number of aromatic nitrogens is 1. The maximum atomic E-state index is 12.2. The van der Waals surface area contributed by atoms with Crippen molar-refractivity contribution < 1.29 is 30.0 Å². The molecule has 0 saturated carbocycles. The first-order valence-electron chi connectivity index (χ1n) is 17.5. The van der Waals surface area contributed by atoms with Crippen LogP contribution in [-0.4, -0.2) is 15.9 Å². The molecule has 261 valence electrons. The number of aliphatic hydroxyl groups is 1. The van der Waals surface area contributed by atoms with Gasteiger partial charge in [0.15, 0.2) is 5.78 Å². The molecule has 0 spiro atoms. The summed E-state index contributed by atoms with van der Waals surface area (Å²) in [5, 5.41) is 29.0. The summed E-state index contributed by atoms with van der Waals surface area (Å²) in [6, 6.07) is 35.2. The number of fused-ring (bicyclic) bond motifs is 7. The average Bonchev–Trinajstić information content (AvgIpc) is 3.52. The molecule has 0 aliphatic rings. The normalized spacial score (nSPS) is 12.1. The second kappa shape index (κ2) is 15.5. The second-order valence-electron chi connectivity index (χ2n) is 13.7. The van der Waals surface area contributed by atoms with E-state index in [1.165, 1.54) is 48.5 Å². The van der Waals surface area contributed by atoms with Gasteiger partial charge in [0.2, 0.25) is 0 Å². The Labute approximate surface area is 318 Å². The monoisotopic (exact) mass is 868 g/mol. The van der Waals surface area contributed by atoms with E-state index in [-0.39, 0.29) is 42.5 Å². The quantitative estimate of drug-likeness (QED) is 0.0715. The third-order valence-corrected chi connectivity index (χ3v) is 12.1. The third-order valence-electron chi connectivity index (χ3n) is 11.0. The molecule has 4 nitrogen and oxygen atoms in total. The van der Waals surface area contributed by atoms with Crippen molar-refractivity contribution in [3.8, 4) is 17.3 Å². The van der Waals surface area contributed by atoms with Gasteiger partial charge in [0.1, 0.15) is 5.76 Å². The number of nitrogens with zero attached hydrogens (tertiary/aromatic N) is 2. The van der Waals surface area contributed by atoms with Crippen LogP contribution in [0.5, 0.6) is 0 Å². The number of carbonyl (C=O) groups excluding carboxylic acids is 1. The van der Waals surface area contributed by atoms with Gasteiger partial charge >= 0.3 is 0 Å². The van der Waals surface area contributed by atoms with Gasteiger partial charge in [-0.1, -0.05) is 89.4 Å². The van der Waals surface area contributed by atoms with Gasteiger partial charge in [-0.25, -0.2) is 0 Å². The van der Waals surface area contributed by atoms with Gasteiger partial charge in [-0.15, -0.1) is 40.5 Å². The predicted octanol–water partition coefficient (Wildman–Crippen LogP) is 12.9. The van der Waals surface area contributed by atoms with E-state index in [0.29, 0.717) is 5.56 Å². The van der Waals surface area contributed by atoms with E-state index in [1.54, 1.807) is 11.3 Å². The smallest absolute Gasteiger partial charge is 0.164 e. The Balaban J connectivity index is 0.000000242. The minimum Gasteiger partial charge on any atom is -0.512 e. The molecule has 7 aromatic rings. The van der Waals surface area contributed by atoms with Crippen molar-refractivity contribution in [2.45, 2.75) is 67.2 Å². The van der Waals surface area contributed by atoms with Crippen molar-refractivity contribution >= 4 is 69.6 Å². The van der Waals surface area contributed by atoms with E-state index in [4.69, 9.17) is 4.98 Å². The molecule has 1 radical (unpaired) electrons. The van der Waals surface area contributed by atoms with E-state index >= 15 is 0 Å². The zero-order chi connectivity index (χ0) is 35.6. The van der Waals surface area contributed by atoms with Crippen LogP contribution in [-0.2, 0) is 24.9 Å². The SMILES string of the molecule is CCC(C)(CC)C(=O)/C=C(\O)C(C)(CC)CC.N#Cc1ccc2c(c1)sc1cc3c(ccc4c(-c5[c-]cc6ccccc6c5)nccc43)cc12.[Ir]. The van der Waals surface area contributed by atoms with E-state index in [9.17, 15) is 15.2 Å². The van der Waals surface area contributed by atoms with Crippen LogP contribution < -0.4 is 0 Å². The first kappa shape index (κ1) is 37.8. The van der Waals surface area contributed by atoms with Crippen molar-refractivity contribution in [1.29, 1.82) is 5.26 Å². The predicted molar refractivity (Wildman–Crippen MR) is 212 cm³/mol. The van der Waals surface area contributed by atoms with Crippen molar-refractivity contribution in [2.24, 2.45) is 10.8 Å². The zero-order valence-electron chi connectivity index (χ0n) is 30.1. The van der Waals surface area contributed by atoms with Gasteiger partial charge in [-0.2, -0.15) is 5.26 Å². The van der Waals surface area contributed by atoms with Crippen LogP contribution in [0.4, 0.5) is 0 Å². The minimum atomic E-state index is -0.337. The molecule has 0 aliphatic heterocycles. The number of thiophene rings is 1. The largest absolute Gasteiger partial charge is 0.512 e. The second-order valence-corrected chi connectivity index (χ2v) is 14.8. The topological polar surface area (TPSA) is 74.0 Å². The molecular weight excluding hydrogens is 825 g/mol. The van der Waals surface area contributed by atoms with Crippen LogP contribution in [0.1, 0.15) is 72.8 Å². The molecule has 6 heteroatoms. The molecule has 2 heterocycles. The van der Waals surface area contributed by atoms with Crippen LogP contribution in [0.15, 0.2) is 103 Å². The maximum Gasteiger partial charge on any atom is 0.164 e. The van der Waals surface area contributed by atoms with Gasteiger partial charge in [0.05, 0.1) is 11.6 Å². The number of allylic oxidation sites excluding steroid dienone is 2. The summed E-state index contributed by atoms with van der Waals surface area (Å²) in [7, 11) is 0. The maximum absolute atomic E-state index is 12.2. The molecule has 0 unspecified atom stereocenters. The van der Waals surface area contributed by atoms with E-state index in [2.05, 4.69) is 72.8 Å². The standard InChI is InChI=1S/C30H15N2S.C15H28O2.Ir/c31-17-18-5-9-24-27-15-21-8-10-25-23(26(21)16-29(27)33-28(24)13-18)11-12-32-30(25)22-7-6-19-3-1-2-4-20(19)14-22;1-7-14(5,8-2)12(16)11-13(17)15(6,9-3)10-4;/h1-6,8-16H;11,16H,7-10H2,1-6H3;/q-1;;/b;12-11-;. The molecule has 0 fully saturated rings. The molecular formula is C45H43IrN2O2S-. The molecule has 51 heavy (non-hydrogen) atoms. The Bertz CT molecular complexity index is 2460. The molecule has 0 amide bonds. The number of carbonyl (C=O) groups is 1. The van der Waals surface area contributed by atoms with Crippen molar-refractivity contribution in [3.63, 3.8) is 0 Å².